The van der Waals surface area contributed by atoms with Gasteiger partial charge in [-0.3, -0.25) is 0 Å². The van der Waals surface area contributed by atoms with Gasteiger partial charge in [-0.2, -0.15) is 0 Å². The molecule has 3 aromatic carbocycles. The van der Waals surface area contributed by atoms with E-state index in [9.17, 15) is 21.8 Å². The van der Waals surface area contributed by atoms with Gasteiger partial charge in [-0.05, 0) is 85.2 Å². The molecule has 11 heteroatoms. The fraction of sp³-hybridized carbons (Fsp3) is 0.345. The first-order chi connectivity index (χ1) is 18.9. The highest BCUT2D eigenvalue weighted by Gasteiger charge is 2.35. The van der Waals surface area contributed by atoms with E-state index < -0.39 is 23.2 Å². The molecule has 0 aliphatic heterocycles. The predicted molar refractivity (Wildman–Crippen MR) is 148 cm³/mol. The number of aromatic nitrogens is 2. The average molecular weight is 575 g/mol. The molecule has 1 heterocycles. The van der Waals surface area contributed by atoms with Gasteiger partial charge in [-0.1, -0.05) is 32.9 Å². The molecule has 1 unspecified atom stereocenters. The molecule has 5 rings (SSSR count). The van der Waals surface area contributed by atoms with Crippen LogP contribution in [0.3, 0.4) is 0 Å². The summed E-state index contributed by atoms with van der Waals surface area (Å²) < 4.78 is 73.7. The predicted octanol–water partition coefficient (Wildman–Crippen LogP) is 8.34. The number of hydrogen-bond acceptors (Lipinski definition) is 4. The number of alkyl halides is 3. The first-order valence-electron chi connectivity index (χ1n) is 12.9. The SMILES string of the molecule is C[C@H]1C[C@@H](n2c(Nc3ccc(OC(F)(F)F)cc3)nc3cc(NS(=O)c4ccccc4F)ccc32)CC(C)(C)C1. The molecule has 1 saturated carbocycles. The van der Waals surface area contributed by atoms with E-state index in [1.165, 1.54) is 42.5 Å². The fourth-order valence-corrected chi connectivity index (χ4v) is 6.64. The zero-order valence-corrected chi connectivity index (χ0v) is 23.1. The van der Waals surface area contributed by atoms with Gasteiger partial charge >= 0.3 is 6.36 Å². The van der Waals surface area contributed by atoms with Crippen LogP contribution in [0.4, 0.5) is 34.9 Å². The van der Waals surface area contributed by atoms with Gasteiger partial charge < -0.3 is 19.3 Å². The van der Waals surface area contributed by atoms with Crippen LogP contribution in [0.1, 0.15) is 46.1 Å². The van der Waals surface area contributed by atoms with Crippen LogP contribution < -0.4 is 14.8 Å². The molecular formula is C29H30F4N4O2S. The summed E-state index contributed by atoms with van der Waals surface area (Å²) in [5.41, 5.74) is 2.66. The molecule has 6 nitrogen and oxygen atoms in total. The van der Waals surface area contributed by atoms with Crippen molar-refractivity contribution < 1.29 is 26.5 Å². The van der Waals surface area contributed by atoms with Crippen molar-refractivity contribution in [2.75, 3.05) is 10.0 Å². The smallest absolute Gasteiger partial charge is 0.406 e. The number of nitrogens with one attached hydrogen (secondary N) is 2. The fourth-order valence-electron chi connectivity index (χ4n) is 5.74. The molecule has 0 saturated heterocycles. The molecule has 1 fully saturated rings. The summed E-state index contributed by atoms with van der Waals surface area (Å²) in [5, 5.41) is 3.27. The van der Waals surface area contributed by atoms with Crippen molar-refractivity contribution >= 4 is 39.3 Å². The van der Waals surface area contributed by atoms with Gasteiger partial charge in [0.25, 0.3) is 0 Å². The third kappa shape index (κ3) is 6.41. The van der Waals surface area contributed by atoms with Crippen LogP contribution in [-0.2, 0) is 11.0 Å². The van der Waals surface area contributed by atoms with Crippen LogP contribution in [0.25, 0.3) is 11.0 Å². The Morgan fingerprint density at radius 1 is 1.02 bits per heavy atom. The van der Waals surface area contributed by atoms with E-state index in [0.29, 0.717) is 28.8 Å². The van der Waals surface area contributed by atoms with Gasteiger partial charge in [-0.25, -0.2) is 13.6 Å². The molecule has 0 radical (unpaired) electrons. The quantitative estimate of drug-likeness (QED) is 0.218. The number of fused-ring (bicyclic) bond motifs is 1. The number of ether oxygens (including phenoxy) is 1. The highest BCUT2D eigenvalue weighted by atomic mass is 32.2. The lowest BCUT2D eigenvalue weighted by atomic mass is 9.70. The molecule has 2 N–H and O–H groups in total. The summed E-state index contributed by atoms with van der Waals surface area (Å²) in [7, 11) is -1.82. The normalized spacial score (nSPS) is 19.8. The number of benzene rings is 3. The first kappa shape index (κ1) is 27.9. The van der Waals surface area contributed by atoms with Crippen LogP contribution in [0, 0.1) is 17.2 Å². The van der Waals surface area contributed by atoms with E-state index in [1.54, 1.807) is 18.2 Å². The number of hydrogen-bond donors (Lipinski definition) is 2. The van der Waals surface area contributed by atoms with Crippen LogP contribution >= 0.6 is 0 Å². The molecule has 1 aromatic heterocycles. The van der Waals surface area contributed by atoms with E-state index in [4.69, 9.17) is 4.98 Å². The molecule has 212 valence electrons. The average Bonchev–Trinajstić information content (AvgIpc) is 3.20. The molecule has 1 aliphatic rings. The van der Waals surface area contributed by atoms with Gasteiger partial charge in [-0.15, -0.1) is 13.2 Å². The van der Waals surface area contributed by atoms with Crippen molar-refractivity contribution in [3.05, 3.63) is 72.5 Å². The van der Waals surface area contributed by atoms with Gasteiger partial charge in [0.05, 0.1) is 15.9 Å². The minimum Gasteiger partial charge on any atom is -0.406 e. The highest BCUT2D eigenvalue weighted by Crippen LogP contribution is 2.46. The van der Waals surface area contributed by atoms with Crippen LogP contribution in [-0.4, -0.2) is 20.1 Å². The molecule has 1 aliphatic carbocycles. The van der Waals surface area contributed by atoms with Gasteiger partial charge in [0.1, 0.15) is 11.6 Å². The Hall–Kier alpha value is -3.60. The second kappa shape index (κ2) is 10.8. The zero-order valence-electron chi connectivity index (χ0n) is 22.3. The number of rotatable bonds is 7. The molecular weight excluding hydrogens is 544 g/mol. The summed E-state index contributed by atoms with van der Waals surface area (Å²) in [6.07, 6.45) is -1.79. The molecule has 4 aromatic rings. The topological polar surface area (TPSA) is 68.2 Å². The summed E-state index contributed by atoms with van der Waals surface area (Å²) in [4.78, 5) is 4.87. The molecule has 40 heavy (non-hydrogen) atoms. The van der Waals surface area contributed by atoms with Crippen LogP contribution in [0.15, 0.2) is 71.6 Å². The second-order valence-electron chi connectivity index (χ2n) is 11.1. The minimum absolute atomic E-state index is 0.0480. The maximum Gasteiger partial charge on any atom is 0.573 e. The Balaban J connectivity index is 1.49. The van der Waals surface area contributed by atoms with Crippen molar-refractivity contribution in [3.63, 3.8) is 0 Å². The largest absolute Gasteiger partial charge is 0.573 e. The standard InChI is InChI=1S/C29H30F4N4O2S/c1-18-14-21(17-28(2,3)16-18)37-25-13-10-20(36-40(38)26-7-5-4-6-23(26)30)15-24(25)35-27(37)34-19-8-11-22(12-9-19)39-29(31,32)33/h4-13,15,18,21,36H,14,16-17H2,1-3H3,(H,34,35)/t18-,21+,40?/m0/s1. The zero-order chi connectivity index (χ0) is 28.7. The lowest BCUT2D eigenvalue weighted by Gasteiger charge is -2.40. The summed E-state index contributed by atoms with van der Waals surface area (Å²) in [5.74, 6) is 0.155. The molecule has 3 atom stereocenters. The number of nitrogens with zero attached hydrogens (tertiary/aromatic N) is 2. The third-order valence-corrected chi connectivity index (χ3v) is 8.16. The van der Waals surface area contributed by atoms with E-state index in [1.807, 2.05) is 6.07 Å². The Morgan fingerprint density at radius 2 is 1.73 bits per heavy atom. The number of halogens is 4. The van der Waals surface area contributed by atoms with E-state index in [-0.39, 0.29) is 22.1 Å². The van der Waals surface area contributed by atoms with E-state index in [0.717, 1.165) is 24.8 Å². The van der Waals surface area contributed by atoms with Crippen LogP contribution in [0.5, 0.6) is 5.75 Å². The monoisotopic (exact) mass is 574 g/mol. The Morgan fingerprint density at radius 3 is 2.40 bits per heavy atom. The molecule has 0 spiro atoms. The number of imidazole rings is 1. The van der Waals surface area contributed by atoms with Gasteiger partial charge in [0.2, 0.25) is 5.95 Å². The Bertz CT molecular complexity index is 1540. The van der Waals surface area contributed by atoms with Crippen molar-refractivity contribution in [1.29, 1.82) is 0 Å². The van der Waals surface area contributed by atoms with Gasteiger partial charge in [0, 0.05) is 17.4 Å². The number of anilines is 3. The van der Waals surface area contributed by atoms with Gasteiger partial charge in [0.15, 0.2) is 11.0 Å². The third-order valence-electron chi connectivity index (χ3n) is 7.01. The maximum atomic E-state index is 14.1. The summed E-state index contributed by atoms with van der Waals surface area (Å²) >= 11 is 0. The summed E-state index contributed by atoms with van der Waals surface area (Å²) in [6.45, 7) is 6.74. The molecule has 0 amide bonds. The van der Waals surface area contributed by atoms with Crippen LogP contribution in [0.2, 0.25) is 0 Å². The van der Waals surface area contributed by atoms with Crippen molar-refractivity contribution in [1.82, 2.24) is 9.55 Å². The lowest BCUT2D eigenvalue weighted by Crippen LogP contribution is -2.29. The summed E-state index contributed by atoms with van der Waals surface area (Å²) in [6, 6.07) is 16.9. The van der Waals surface area contributed by atoms with E-state index in [2.05, 4.69) is 40.1 Å². The Labute approximate surface area is 232 Å². The molecule has 0 bridgehead atoms. The minimum atomic E-state index is -4.77. The second-order valence-corrected chi connectivity index (χ2v) is 12.3. The van der Waals surface area contributed by atoms with E-state index >= 15 is 0 Å². The Kier molecular flexibility index (Phi) is 7.52. The highest BCUT2D eigenvalue weighted by molar-refractivity contribution is 7.86. The van der Waals surface area contributed by atoms with Crippen molar-refractivity contribution in [3.8, 4) is 5.75 Å². The maximum absolute atomic E-state index is 14.1. The van der Waals surface area contributed by atoms with Crippen molar-refractivity contribution in [2.45, 2.75) is 57.3 Å². The first-order valence-corrected chi connectivity index (χ1v) is 14.1. The van der Waals surface area contributed by atoms with Crippen molar-refractivity contribution in [2.24, 2.45) is 11.3 Å². The lowest BCUT2D eigenvalue weighted by molar-refractivity contribution is -0.274.